The minimum Gasteiger partial charge on any atom is -0.455 e. The zero-order valence-electron chi connectivity index (χ0n) is 13.8. The maximum absolute atomic E-state index is 13.4. The first kappa shape index (κ1) is 18.2. The number of aryl methyl sites for hydroxylation is 1. The highest BCUT2D eigenvalue weighted by atomic mass is 32.1. The molecule has 2 aromatic heterocycles. The van der Waals surface area contributed by atoms with Gasteiger partial charge in [0.1, 0.15) is 10.8 Å². The lowest BCUT2D eigenvalue weighted by molar-refractivity contribution is -0.146. The van der Waals surface area contributed by atoms with Crippen LogP contribution in [0.25, 0.3) is 9.88 Å². The number of nitrogens with one attached hydrogen (secondary N) is 1. The maximum atomic E-state index is 13.4. The van der Waals surface area contributed by atoms with Gasteiger partial charge in [-0.25, -0.2) is 9.37 Å². The number of hydrogen-bond acceptors (Lipinski definition) is 6. The predicted octanol–water partition coefficient (Wildman–Crippen LogP) is 4.04. The molecule has 1 amide bonds. The van der Waals surface area contributed by atoms with E-state index in [1.54, 1.807) is 35.8 Å². The van der Waals surface area contributed by atoms with E-state index in [-0.39, 0.29) is 6.42 Å². The molecule has 0 atom stereocenters. The largest absolute Gasteiger partial charge is 0.455 e. The van der Waals surface area contributed by atoms with Gasteiger partial charge in [0.05, 0.1) is 17.0 Å². The SMILES string of the molecule is Cc1ccc(NC(=O)COC(=O)Cc2csc(-c3cccs3)n2)cc1F. The summed E-state index contributed by atoms with van der Waals surface area (Å²) in [5, 5.41) is 7.09. The van der Waals surface area contributed by atoms with E-state index in [9.17, 15) is 14.0 Å². The molecule has 0 fully saturated rings. The molecule has 0 aliphatic carbocycles. The number of carbonyl (C=O) groups excluding carboxylic acids is 2. The molecule has 134 valence electrons. The lowest BCUT2D eigenvalue weighted by Gasteiger charge is -2.07. The fraction of sp³-hybridized carbons (Fsp3) is 0.167. The summed E-state index contributed by atoms with van der Waals surface area (Å²) in [7, 11) is 0. The van der Waals surface area contributed by atoms with Crippen molar-refractivity contribution in [1.29, 1.82) is 0 Å². The fourth-order valence-electron chi connectivity index (χ4n) is 2.11. The number of hydrogen-bond donors (Lipinski definition) is 1. The quantitative estimate of drug-likeness (QED) is 0.645. The zero-order chi connectivity index (χ0) is 18.5. The Morgan fingerprint density at radius 3 is 2.85 bits per heavy atom. The average Bonchev–Trinajstić information content (AvgIpc) is 3.28. The van der Waals surface area contributed by atoms with Crippen LogP contribution in [0.5, 0.6) is 0 Å². The summed E-state index contributed by atoms with van der Waals surface area (Å²) in [4.78, 5) is 29.1. The number of nitrogens with zero attached hydrogens (tertiary/aromatic N) is 1. The molecule has 0 saturated heterocycles. The number of ether oxygens (including phenoxy) is 1. The van der Waals surface area contributed by atoms with E-state index < -0.39 is 24.3 Å². The van der Waals surface area contributed by atoms with Crippen molar-refractivity contribution in [3.63, 3.8) is 0 Å². The summed E-state index contributed by atoms with van der Waals surface area (Å²) in [6, 6.07) is 8.26. The van der Waals surface area contributed by atoms with Crippen LogP contribution in [0, 0.1) is 12.7 Å². The Labute approximate surface area is 157 Å². The van der Waals surface area contributed by atoms with Gasteiger partial charge in [-0.3, -0.25) is 9.59 Å². The molecular formula is C18H15FN2O3S2. The van der Waals surface area contributed by atoms with Gasteiger partial charge in [-0.15, -0.1) is 22.7 Å². The molecule has 0 saturated carbocycles. The van der Waals surface area contributed by atoms with Gasteiger partial charge in [0.15, 0.2) is 6.61 Å². The number of amides is 1. The van der Waals surface area contributed by atoms with E-state index in [4.69, 9.17) is 4.74 Å². The fourth-order valence-corrected chi connectivity index (χ4v) is 3.75. The standard InChI is InChI=1S/C18H15FN2O3S2/c1-11-4-5-12(7-14(11)19)20-16(22)9-24-17(23)8-13-10-26-18(21-13)15-3-2-6-25-15/h2-7,10H,8-9H2,1H3,(H,20,22). The minimum absolute atomic E-state index is 0.00564. The topological polar surface area (TPSA) is 68.3 Å². The normalized spacial score (nSPS) is 10.5. The molecule has 0 bridgehead atoms. The zero-order valence-corrected chi connectivity index (χ0v) is 15.5. The van der Waals surface area contributed by atoms with E-state index in [1.807, 2.05) is 17.5 Å². The van der Waals surface area contributed by atoms with Crippen LogP contribution in [0.2, 0.25) is 0 Å². The Bertz CT molecular complexity index is 922. The summed E-state index contributed by atoms with van der Waals surface area (Å²) in [6.45, 7) is 1.20. The van der Waals surface area contributed by atoms with Crippen molar-refractivity contribution in [1.82, 2.24) is 4.98 Å². The van der Waals surface area contributed by atoms with Crippen LogP contribution in [-0.2, 0) is 20.7 Å². The molecule has 8 heteroatoms. The molecule has 0 spiro atoms. The van der Waals surface area contributed by atoms with Crippen molar-refractivity contribution in [3.05, 3.63) is 58.2 Å². The first-order valence-electron chi connectivity index (χ1n) is 7.71. The highest BCUT2D eigenvalue weighted by Gasteiger charge is 2.13. The molecule has 0 radical (unpaired) electrons. The first-order valence-corrected chi connectivity index (χ1v) is 9.47. The second kappa shape index (κ2) is 8.20. The van der Waals surface area contributed by atoms with Gasteiger partial charge in [-0.05, 0) is 36.1 Å². The number of aromatic nitrogens is 1. The highest BCUT2D eigenvalue weighted by Crippen LogP contribution is 2.27. The van der Waals surface area contributed by atoms with E-state index in [0.29, 0.717) is 16.9 Å². The number of thiazole rings is 1. The van der Waals surface area contributed by atoms with Crippen LogP contribution in [0.1, 0.15) is 11.3 Å². The van der Waals surface area contributed by atoms with Crippen LogP contribution >= 0.6 is 22.7 Å². The lowest BCUT2D eigenvalue weighted by Crippen LogP contribution is -2.21. The third-order valence-corrected chi connectivity index (χ3v) is 5.36. The van der Waals surface area contributed by atoms with Gasteiger partial charge in [-0.2, -0.15) is 0 Å². The molecule has 2 heterocycles. The van der Waals surface area contributed by atoms with Crippen LogP contribution < -0.4 is 5.32 Å². The summed E-state index contributed by atoms with van der Waals surface area (Å²) in [5.41, 5.74) is 1.40. The monoisotopic (exact) mass is 390 g/mol. The van der Waals surface area contributed by atoms with Crippen LogP contribution in [0.15, 0.2) is 41.1 Å². The van der Waals surface area contributed by atoms with Gasteiger partial charge in [-0.1, -0.05) is 12.1 Å². The Kier molecular flexibility index (Phi) is 5.75. The molecule has 0 aliphatic heterocycles. The molecule has 1 N–H and O–H groups in total. The summed E-state index contributed by atoms with van der Waals surface area (Å²) in [6.07, 6.45) is -0.00564. The Morgan fingerprint density at radius 2 is 2.12 bits per heavy atom. The molecule has 26 heavy (non-hydrogen) atoms. The minimum atomic E-state index is -0.543. The number of rotatable bonds is 6. The smallest absolute Gasteiger partial charge is 0.312 e. The third-order valence-electron chi connectivity index (χ3n) is 3.43. The summed E-state index contributed by atoms with van der Waals surface area (Å²) in [5.74, 6) is -1.48. The van der Waals surface area contributed by atoms with Crippen molar-refractivity contribution in [2.75, 3.05) is 11.9 Å². The number of anilines is 1. The van der Waals surface area contributed by atoms with Gasteiger partial charge < -0.3 is 10.1 Å². The maximum Gasteiger partial charge on any atom is 0.312 e. The highest BCUT2D eigenvalue weighted by molar-refractivity contribution is 7.20. The van der Waals surface area contributed by atoms with Crippen molar-refractivity contribution >= 4 is 40.2 Å². The van der Waals surface area contributed by atoms with Gasteiger partial charge in [0, 0.05) is 11.1 Å². The van der Waals surface area contributed by atoms with Gasteiger partial charge in [0.25, 0.3) is 5.91 Å². The van der Waals surface area contributed by atoms with E-state index >= 15 is 0 Å². The Balaban J connectivity index is 1.47. The molecular weight excluding hydrogens is 375 g/mol. The summed E-state index contributed by atoms with van der Waals surface area (Å²) < 4.78 is 18.4. The van der Waals surface area contributed by atoms with Crippen molar-refractivity contribution in [2.45, 2.75) is 13.3 Å². The molecule has 1 aromatic carbocycles. The van der Waals surface area contributed by atoms with Crippen LogP contribution in [-0.4, -0.2) is 23.5 Å². The number of thiophene rings is 1. The van der Waals surface area contributed by atoms with Crippen molar-refractivity contribution in [2.24, 2.45) is 0 Å². The Morgan fingerprint density at radius 1 is 1.27 bits per heavy atom. The Hall–Kier alpha value is -2.58. The second-order valence-corrected chi connectivity index (χ2v) is 7.28. The van der Waals surface area contributed by atoms with Crippen LogP contribution in [0.3, 0.4) is 0 Å². The predicted molar refractivity (Wildman–Crippen MR) is 99.9 cm³/mol. The molecule has 3 aromatic rings. The van der Waals surface area contributed by atoms with Gasteiger partial charge >= 0.3 is 5.97 Å². The first-order chi connectivity index (χ1) is 12.5. The van der Waals surface area contributed by atoms with E-state index in [0.717, 1.165) is 9.88 Å². The number of benzene rings is 1. The lowest BCUT2D eigenvalue weighted by atomic mass is 10.2. The van der Waals surface area contributed by atoms with Crippen molar-refractivity contribution < 1.29 is 18.7 Å². The van der Waals surface area contributed by atoms with Gasteiger partial charge in [0.2, 0.25) is 0 Å². The number of esters is 1. The molecule has 0 unspecified atom stereocenters. The average molecular weight is 390 g/mol. The summed E-state index contributed by atoms with van der Waals surface area (Å²) >= 11 is 3.03. The van der Waals surface area contributed by atoms with Crippen LogP contribution in [0.4, 0.5) is 10.1 Å². The molecule has 0 aliphatic rings. The van der Waals surface area contributed by atoms with E-state index in [1.165, 1.54) is 17.4 Å². The number of halogens is 1. The van der Waals surface area contributed by atoms with Crippen molar-refractivity contribution in [3.8, 4) is 9.88 Å². The number of carbonyl (C=O) groups is 2. The van der Waals surface area contributed by atoms with E-state index in [2.05, 4.69) is 10.3 Å². The second-order valence-electron chi connectivity index (χ2n) is 5.47. The third kappa shape index (κ3) is 4.74. The molecule has 3 rings (SSSR count). The molecule has 5 nitrogen and oxygen atoms in total.